The quantitative estimate of drug-likeness (QED) is 0.688. The van der Waals surface area contributed by atoms with E-state index in [4.69, 9.17) is 5.11 Å². The molecule has 0 fully saturated rings. The fraction of sp³-hybridized carbons (Fsp3) is 0. The van der Waals surface area contributed by atoms with E-state index in [2.05, 4.69) is 0 Å². The van der Waals surface area contributed by atoms with Crippen LogP contribution in [0.2, 0.25) is 0 Å². The third kappa shape index (κ3) is 1.29. The third-order valence-electron chi connectivity index (χ3n) is 2.67. The van der Waals surface area contributed by atoms with E-state index in [1.54, 1.807) is 5.38 Å². The van der Waals surface area contributed by atoms with Crippen LogP contribution in [0.3, 0.4) is 0 Å². The van der Waals surface area contributed by atoms with E-state index < -0.39 is 5.97 Å². The monoisotopic (exact) mass is 228 g/mol. The van der Waals surface area contributed by atoms with Gasteiger partial charge in [0, 0.05) is 15.5 Å². The van der Waals surface area contributed by atoms with Gasteiger partial charge in [-0.3, -0.25) is 0 Å². The summed E-state index contributed by atoms with van der Waals surface area (Å²) in [6.45, 7) is 0. The van der Waals surface area contributed by atoms with Crippen molar-refractivity contribution in [3.8, 4) is 0 Å². The third-order valence-corrected chi connectivity index (χ3v) is 3.62. The standard InChI is InChI=1S/C13H8O2S/c14-13(15)11-7-16-12-6-9-4-2-1-3-8(9)5-10(11)12/h1-7H,(H,14,15). The van der Waals surface area contributed by atoms with Crippen molar-refractivity contribution in [2.75, 3.05) is 0 Å². The topological polar surface area (TPSA) is 37.3 Å². The molecule has 3 aromatic rings. The van der Waals surface area contributed by atoms with Crippen LogP contribution in [0, 0.1) is 0 Å². The SMILES string of the molecule is O=C(O)c1csc2cc3ccccc3cc12. The van der Waals surface area contributed by atoms with Crippen LogP contribution >= 0.6 is 11.3 Å². The van der Waals surface area contributed by atoms with E-state index in [1.807, 2.05) is 36.4 Å². The highest BCUT2D eigenvalue weighted by atomic mass is 32.1. The van der Waals surface area contributed by atoms with E-state index in [9.17, 15) is 4.79 Å². The van der Waals surface area contributed by atoms with E-state index in [-0.39, 0.29) is 0 Å². The summed E-state index contributed by atoms with van der Waals surface area (Å²) < 4.78 is 1.02. The number of thiophene rings is 1. The van der Waals surface area contributed by atoms with Gasteiger partial charge < -0.3 is 5.11 Å². The minimum atomic E-state index is -0.860. The van der Waals surface area contributed by atoms with Gasteiger partial charge in [-0.1, -0.05) is 24.3 Å². The second kappa shape index (κ2) is 3.32. The van der Waals surface area contributed by atoms with Crippen molar-refractivity contribution in [2.45, 2.75) is 0 Å². The first-order valence-electron chi connectivity index (χ1n) is 4.89. The molecule has 0 amide bonds. The number of carboxylic acids is 1. The molecule has 78 valence electrons. The number of carboxylic acid groups (broad SMARTS) is 1. The molecule has 3 heteroatoms. The maximum absolute atomic E-state index is 11.0. The maximum Gasteiger partial charge on any atom is 0.337 e. The molecule has 0 aliphatic carbocycles. The van der Waals surface area contributed by atoms with Crippen molar-refractivity contribution >= 4 is 38.2 Å². The lowest BCUT2D eigenvalue weighted by molar-refractivity contribution is 0.0699. The van der Waals surface area contributed by atoms with Gasteiger partial charge in [0.15, 0.2) is 0 Å². The van der Waals surface area contributed by atoms with Crippen molar-refractivity contribution < 1.29 is 9.90 Å². The van der Waals surface area contributed by atoms with Crippen molar-refractivity contribution in [1.29, 1.82) is 0 Å². The zero-order valence-electron chi connectivity index (χ0n) is 8.31. The van der Waals surface area contributed by atoms with Crippen LogP contribution in [0.15, 0.2) is 41.8 Å². The summed E-state index contributed by atoms with van der Waals surface area (Å²) in [4.78, 5) is 11.0. The van der Waals surface area contributed by atoms with Gasteiger partial charge >= 0.3 is 5.97 Å². The lowest BCUT2D eigenvalue weighted by atomic mass is 10.1. The normalized spacial score (nSPS) is 11.0. The molecule has 0 aliphatic rings. The highest BCUT2D eigenvalue weighted by Gasteiger charge is 2.10. The highest BCUT2D eigenvalue weighted by molar-refractivity contribution is 7.17. The lowest BCUT2D eigenvalue weighted by Crippen LogP contribution is -1.93. The van der Waals surface area contributed by atoms with Crippen LogP contribution in [0.25, 0.3) is 20.9 Å². The zero-order chi connectivity index (χ0) is 11.1. The molecule has 1 heterocycles. The number of hydrogen-bond donors (Lipinski definition) is 1. The summed E-state index contributed by atoms with van der Waals surface area (Å²) >= 11 is 1.48. The first kappa shape index (κ1) is 9.36. The van der Waals surface area contributed by atoms with Gasteiger partial charge in [-0.05, 0) is 22.9 Å². The molecular weight excluding hydrogens is 220 g/mol. The summed E-state index contributed by atoms with van der Waals surface area (Å²) in [5.74, 6) is -0.860. The summed E-state index contributed by atoms with van der Waals surface area (Å²) in [6, 6.07) is 12.0. The summed E-state index contributed by atoms with van der Waals surface area (Å²) in [5, 5.41) is 13.8. The molecule has 2 nitrogen and oxygen atoms in total. The first-order chi connectivity index (χ1) is 7.75. The Labute approximate surface area is 95.8 Å². The molecule has 0 bridgehead atoms. The van der Waals surface area contributed by atoms with Crippen molar-refractivity contribution in [3.05, 3.63) is 47.3 Å². The average Bonchev–Trinajstić information content (AvgIpc) is 2.68. The number of benzene rings is 2. The number of carbonyl (C=O) groups is 1. The summed E-state index contributed by atoms with van der Waals surface area (Å²) in [6.07, 6.45) is 0. The largest absolute Gasteiger partial charge is 0.478 e. The van der Waals surface area contributed by atoms with Crippen molar-refractivity contribution in [1.82, 2.24) is 0 Å². The van der Waals surface area contributed by atoms with E-state index in [0.29, 0.717) is 5.56 Å². The van der Waals surface area contributed by atoms with Crippen LogP contribution in [-0.2, 0) is 0 Å². The molecule has 1 N–H and O–H groups in total. The minimum Gasteiger partial charge on any atom is -0.478 e. The second-order valence-corrected chi connectivity index (χ2v) is 4.56. The Morgan fingerprint density at radius 3 is 2.50 bits per heavy atom. The summed E-state index contributed by atoms with van der Waals surface area (Å²) in [5.41, 5.74) is 0.394. The van der Waals surface area contributed by atoms with Gasteiger partial charge in [0.25, 0.3) is 0 Å². The van der Waals surface area contributed by atoms with Crippen LogP contribution in [0.1, 0.15) is 10.4 Å². The molecule has 16 heavy (non-hydrogen) atoms. The Morgan fingerprint density at radius 2 is 1.81 bits per heavy atom. The van der Waals surface area contributed by atoms with Crippen molar-refractivity contribution in [3.63, 3.8) is 0 Å². The molecule has 0 aliphatic heterocycles. The number of aromatic carboxylic acids is 1. The fourth-order valence-corrected chi connectivity index (χ4v) is 2.84. The van der Waals surface area contributed by atoms with Gasteiger partial charge in [0.05, 0.1) is 5.56 Å². The Kier molecular flexibility index (Phi) is 1.94. The van der Waals surface area contributed by atoms with Gasteiger partial charge in [0.1, 0.15) is 0 Å². The van der Waals surface area contributed by atoms with Gasteiger partial charge in [-0.25, -0.2) is 4.79 Å². The van der Waals surface area contributed by atoms with E-state index >= 15 is 0 Å². The molecule has 0 atom stereocenters. The molecule has 0 saturated carbocycles. The molecule has 2 aromatic carbocycles. The Morgan fingerprint density at radius 1 is 1.12 bits per heavy atom. The summed E-state index contributed by atoms with van der Waals surface area (Å²) in [7, 11) is 0. The van der Waals surface area contributed by atoms with Gasteiger partial charge in [-0.15, -0.1) is 11.3 Å². The van der Waals surface area contributed by atoms with E-state index in [0.717, 1.165) is 20.9 Å². The predicted molar refractivity (Wildman–Crippen MR) is 66.3 cm³/mol. The lowest BCUT2D eigenvalue weighted by Gasteiger charge is -1.98. The van der Waals surface area contributed by atoms with Gasteiger partial charge in [-0.2, -0.15) is 0 Å². The predicted octanol–water partition coefficient (Wildman–Crippen LogP) is 3.75. The molecule has 0 radical (unpaired) electrons. The van der Waals surface area contributed by atoms with E-state index in [1.165, 1.54) is 11.3 Å². The van der Waals surface area contributed by atoms with Crippen LogP contribution in [-0.4, -0.2) is 11.1 Å². The molecule has 3 rings (SSSR count). The van der Waals surface area contributed by atoms with Crippen LogP contribution in [0.5, 0.6) is 0 Å². The number of fused-ring (bicyclic) bond motifs is 2. The molecule has 0 spiro atoms. The minimum absolute atomic E-state index is 0.394. The fourth-order valence-electron chi connectivity index (χ4n) is 1.88. The average molecular weight is 228 g/mol. The Hall–Kier alpha value is -1.87. The van der Waals surface area contributed by atoms with Crippen LogP contribution < -0.4 is 0 Å². The van der Waals surface area contributed by atoms with Gasteiger partial charge in [0.2, 0.25) is 0 Å². The molecule has 0 unspecified atom stereocenters. The highest BCUT2D eigenvalue weighted by Crippen LogP contribution is 2.30. The molecular formula is C13H8O2S. The molecule has 0 saturated heterocycles. The smallest absolute Gasteiger partial charge is 0.337 e. The Balaban J connectivity index is 2.45. The molecule has 1 aromatic heterocycles. The van der Waals surface area contributed by atoms with Crippen molar-refractivity contribution in [2.24, 2.45) is 0 Å². The van der Waals surface area contributed by atoms with Crippen LogP contribution in [0.4, 0.5) is 0 Å². The maximum atomic E-state index is 11.0. The second-order valence-electron chi connectivity index (χ2n) is 3.65. The number of rotatable bonds is 1. The zero-order valence-corrected chi connectivity index (χ0v) is 9.12. The Bertz CT molecular complexity index is 697. The number of hydrogen-bond acceptors (Lipinski definition) is 2. The first-order valence-corrected chi connectivity index (χ1v) is 5.77.